The van der Waals surface area contributed by atoms with Crippen LogP contribution in [0.25, 0.3) is 0 Å². The standard InChI is InChI=1S/C12H22O/c1-9(2)11-5-4-10(3)12(8-11)6-7-13/h8-11,13H,4-7H2,1-3H3/t10-,11-/m1/s1. The molecule has 1 N–H and O–H groups in total. The molecular formula is C12H22O. The van der Waals surface area contributed by atoms with Crippen LogP contribution in [0.15, 0.2) is 11.6 Å². The first-order chi connectivity index (χ1) is 6.15. The van der Waals surface area contributed by atoms with Crippen LogP contribution in [0.1, 0.15) is 40.0 Å². The molecule has 0 amide bonds. The lowest BCUT2D eigenvalue weighted by molar-refractivity contribution is 0.285. The van der Waals surface area contributed by atoms with Crippen molar-refractivity contribution in [3.8, 4) is 0 Å². The highest BCUT2D eigenvalue weighted by Crippen LogP contribution is 2.33. The molecule has 1 rings (SSSR count). The van der Waals surface area contributed by atoms with E-state index in [9.17, 15) is 0 Å². The van der Waals surface area contributed by atoms with Crippen LogP contribution in [0.4, 0.5) is 0 Å². The molecule has 0 radical (unpaired) electrons. The summed E-state index contributed by atoms with van der Waals surface area (Å²) in [6.45, 7) is 7.15. The molecule has 0 unspecified atom stereocenters. The maximum atomic E-state index is 8.92. The van der Waals surface area contributed by atoms with Crippen molar-refractivity contribution >= 4 is 0 Å². The predicted molar refractivity (Wildman–Crippen MR) is 56.5 cm³/mol. The zero-order valence-electron chi connectivity index (χ0n) is 9.09. The highest BCUT2D eigenvalue weighted by atomic mass is 16.2. The van der Waals surface area contributed by atoms with Crippen molar-refractivity contribution in [3.05, 3.63) is 11.6 Å². The van der Waals surface area contributed by atoms with Gasteiger partial charge in [-0.05, 0) is 37.0 Å². The van der Waals surface area contributed by atoms with E-state index in [0.717, 1.165) is 18.3 Å². The van der Waals surface area contributed by atoms with Crippen LogP contribution in [-0.2, 0) is 0 Å². The van der Waals surface area contributed by atoms with Gasteiger partial charge < -0.3 is 5.11 Å². The van der Waals surface area contributed by atoms with E-state index >= 15 is 0 Å². The molecule has 1 aliphatic carbocycles. The van der Waals surface area contributed by atoms with Crippen molar-refractivity contribution in [2.45, 2.75) is 40.0 Å². The molecule has 0 spiro atoms. The summed E-state index contributed by atoms with van der Waals surface area (Å²) >= 11 is 0. The molecule has 76 valence electrons. The zero-order valence-corrected chi connectivity index (χ0v) is 9.09. The van der Waals surface area contributed by atoms with E-state index in [1.165, 1.54) is 18.4 Å². The first kappa shape index (κ1) is 10.8. The molecule has 1 aliphatic rings. The smallest absolute Gasteiger partial charge is 0.0468 e. The first-order valence-electron chi connectivity index (χ1n) is 5.46. The summed E-state index contributed by atoms with van der Waals surface area (Å²) < 4.78 is 0. The lowest BCUT2D eigenvalue weighted by Gasteiger charge is -2.28. The van der Waals surface area contributed by atoms with Gasteiger partial charge >= 0.3 is 0 Å². The van der Waals surface area contributed by atoms with Gasteiger partial charge in [0.05, 0.1) is 0 Å². The minimum Gasteiger partial charge on any atom is -0.396 e. The lowest BCUT2D eigenvalue weighted by Crippen LogP contribution is -2.16. The molecule has 0 aromatic heterocycles. The van der Waals surface area contributed by atoms with Gasteiger partial charge in [-0.15, -0.1) is 0 Å². The maximum absolute atomic E-state index is 8.92. The fourth-order valence-electron chi connectivity index (χ4n) is 2.14. The summed E-state index contributed by atoms with van der Waals surface area (Å²) in [5.74, 6) is 2.20. The number of rotatable bonds is 3. The van der Waals surface area contributed by atoms with Gasteiger partial charge in [-0.3, -0.25) is 0 Å². The summed E-state index contributed by atoms with van der Waals surface area (Å²) in [5, 5.41) is 8.92. The summed E-state index contributed by atoms with van der Waals surface area (Å²) in [6.07, 6.45) is 5.92. The molecule has 0 heterocycles. The average Bonchev–Trinajstić information content (AvgIpc) is 2.08. The summed E-state index contributed by atoms with van der Waals surface area (Å²) in [5.41, 5.74) is 1.48. The van der Waals surface area contributed by atoms with E-state index in [-0.39, 0.29) is 0 Å². The maximum Gasteiger partial charge on any atom is 0.0468 e. The van der Waals surface area contributed by atoms with E-state index in [0.29, 0.717) is 12.5 Å². The Morgan fingerprint density at radius 3 is 2.69 bits per heavy atom. The fraction of sp³-hybridized carbons (Fsp3) is 0.833. The normalized spacial score (nSPS) is 29.2. The first-order valence-corrected chi connectivity index (χ1v) is 5.46. The average molecular weight is 182 g/mol. The molecule has 2 atom stereocenters. The van der Waals surface area contributed by atoms with Crippen molar-refractivity contribution in [1.82, 2.24) is 0 Å². The Morgan fingerprint density at radius 2 is 2.15 bits per heavy atom. The third-order valence-corrected chi connectivity index (χ3v) is 3.25. The topological polar surface area (TPSA) is 20.2 Å². The molecular weight excluding hydrogens is 160 g/mol. The summed E-state index contributed by atoms with van der Waals surface area (Å²) in [7, 11) is 0. The van der Waals surface area contributed by atoms with E-state index in [4.69, 9.17) is 5.11 Å². The van der Waals surface area contributed by atoms with E-state index in [1.807, 2.05) is 0 Å². The Hall–Kier alpha value is -0.300. The number of aliphatic hydroxyl groups is 1. The molecule has 1 heteroatoms. The monoisotopic (exact) mass is 182 g/mol. The minimum absolute atomic E-state index is 0.307. The molecule has 13 heavy (non-hydrogen) atoms. The summed E-state index contributed by atoms with van der Waals surface area (Å²) in [6, 6.07) is 0. The SMILES string of the molecule is CC(C)[C@H]1C=C(CCO)[C@H](C)CC1. The molecule has 0 saturated carbocycles. The highest BCUT2D eigenvalue weighted by molar-refractivity contribution is 5.11. The van der Waals surface area contributed by atoms with Gasteiger partial charge in [0, 0.05) is 6.61 Å². The van der Waals surface area contributed by atoms with Crippen LogP contribution >= 0.6 is 0 Å². The molecule has 0 fully saturated rings. The van der Waals surface area contributed by atoms with Crippen molar-refractivity contribution < 1.29 is 5.11 Å². The quantitative estimate of drug-likeness (QED) is 0.665. The van der Waals surface area contributed by atoms with Crippen LogP contribution in [0, 0.1) is 17.8 Å². The van der Waals surface area contributed by atoms with Crippen LogP contribution in [0.5, 0.6) is 0 Å². The molecule has 0 aromatic rings. The number of hydrogen-bond acceptors (Lipinski definition) is 1. The number of hydrogen-bond donors (Lipinski definition) is 1. The molecule has 0 saturated heterocycles. The second-order valence-electron chi connectivity index (χ2n) is 4.60. The van der Waals surface area contributed by atoms with Gasteiger partial charge in [-0.2, -0.15) is 0 Å². The number of aliphatic hydroxyl groups excluding tert-OH is 1. The summed E-state index contributed by atoms with van der Waals surface area (Å²) in [4.78, 5) is 0. The van der Waals surface area contributed by atoms with Gasteiger partial charge in [0.2, 0.25) is 0 Å². The minimum atomic E-state index is 0.307. The second-order valence-corrected chi connectivity index (χ2v) is 4.60. The third kappa shape index (κ3) is 2.84. The second kappa shape index (κ2) is 4.80. The fourth-order valence-corrected chi connectivity index (χ4v) is 2.14. The molecule has 0 aliphatic heterocycles. The van der Waals surface area contributed by atoms with Gasteiger partial charge in [-0.25, -0.2) is 0 Å². The van der Waals surface area contributed by atoms with Crippen molar-refractivity contribution in [3.63, 3.8) is 0 Å². The Bertz CT molecular complexity index is 182. The molecule has 1 nitrogen and oxygen atoms in total. The van der Waals surface area contributed by atoms with Crippen molar-refractivity contribution in [2.75, 3.05) is 6.61 Å². The Kier molecular flexibility index (Phi) is 3.98. The highest BCUT2D eigenvalue weighted by Gasteiger charge is 2.20. The van der Waals surface area contributed by atoms with E-state index in [2.05, 4.69) is 26.8 Å². The van der Waals surface area contributed by atoms with Crippen LogP contribution in [-0.4, -0.2) is 11.7 Å². The Balaban J connectivity index is 2.64. The van der Waals surface area contributed by atoms with Gasteiger partial charge in [-0.1, -0.05) is 32.4 Å². The largest absolute Gasteiger partial charge is 0.396 e. The van der Waals surface area contributed by atoms with E-state index < -0.39 is 0 Å². The van der Waals surface area contributed by atoms with Crippen LogP contribution in [0.2, 0.25) is 0 Å². The van der Waals surface area contributed by atoms with Crippen molar-refractivity contribution in [1.29, 1.82) is 0 Å². The van der Waals surface area contributed by atoms with Gasteiger partial charge in [0.25, 0.3) is 0 Å². The van der Waals surface area contributed by atoms with E-state index in [1.54, 1.807) is 0 Å². The number of allylic oxidation sites excluding steroid dienone is 1. The van der Waals surface area contributed by atoms with Crippen LogP contribution in [0.3, 0.4) is 0 Å². The molecule has 0 bridgehead atoms. The Labute approximate surface area is 81.9 Å². The van der Waals surface area contributed by atoms with Crippen LogP contribution < -0.4 is 0 Å². The zero-order chi connectivity index (χ0) is 9.84. The van der Waals surface area contributed by atoms with Crippen molar-refractivity contribution in [2.24, 2.45) is 17.8 Å². The predicted octanol–water partition coefficient (Wildman–Crippen LogP) is 3.00. The lowest BCUT2D eigenvalue weighted by atomic mass is 9.78. The van der Waals surface area contributed by atoms with Gasteiger partial charge in [0.15, 0.2) is 0 Å². The third-order valence-electron chi connectivity index (χ3n) is 3.25. The van der Waals surface area contributed by atoms with Gasteiger partial charge in [0.1, 0.15) is 0 Å². The molecule has 0 aromatic carbocycles. The Morgan fingerprint density at radius 1 is 1.46 bits per heavy atom.